The minimum Gasteiger partial charge on any atom is -0.463 e. The molecule has 0 spiro atoms. The Labute approximate surface area is 355 Å². The molecule has 0 saturated carbocycles. The summed E-state index contributed by atoms with van der Waals surface area (Å²) >= 11 is 0. The van der Waals surface area contributed by atoms with E-state index in [4.69, 9.17) is 52.1 Å². The molecular weight excluding hydrogens is 800 g/mol. The summed E-state index contributed by atoms with van der Waals surface area (Å²) in [6.45, 7) is 7.05. The number of ether oxygens (including phenoxy) is 11. The highest BCUT2D eigenvalue weighted by atomic mass is 16.8. The molecule has 0 aliphatic carbocycles. The maximum absolute atomic E-state index is 13.7. The van der Waals surface area contributed by atoms with Gasteiger partial charge in [0.25, 0.3) is 0 Å². The first-order chi connectivity index (χ1) is 29.3. The molecule has 336 valence electrons. The minimum absolute atomic E-state index is 0.0000769. The number of carbonyl (C=O) groups is 6. The van der Waals surface area contributed by atoms with E-state index in [-0.39, 0.29) is 18.8 Å². The van der Waals surface area contributed by atoms with E-state index in [2.05, 4.69) is 6.92 Å². The van der Waals surface area contributed by atoms with Gasteiger partial charge in [0.15, 0.2) is 43.1 Å². The van der Waals surface area contributed by atoms with Crippen molar-refractivity contribution in [3.8, 4) is 0 Å². The topological polar surface area (TPSA) is 204 Å². The maximum atomic E-state index is 13.7. The molecule has 0 aromatic heterocycles. The number of esters is 6. The first-order valence-electron chi connectivity index (χ1n) is 20.5. The molecule has 0 amide bonds. The smallest absolute Gasteiger partial charge is 0.338 e. The number of hydrogen-bond acceptors (Lipinski definition) is 17. The third-order valence-electron chi connectivity index (χ3n) is 9.58. The van der Waals surface area contributed by atoms with Crippen molar-refractivity contribution in [3.63, 3.8) is 0 Å². The van der Waals surface area contributed by atoms with Gasteiger partial charge in [-0.3, -0.25) is 24.0 Å². The summed E-state index contributed by atoms with van der Waals surface area (Å²) in [6.07, 6.45) is -7.80. The summed E-state index contributed by atoms with van der Waals surface area (Å²) in [7, 11) is 0. The summed E-state index contributed by atoms with van der Waals surface area (Å²) in [5, 5.41) is 0. The average molecular weight is 859 g/mol. The van der Waals surface area contributed by atoms with Crippen LogP contribution < -0.4 is 0 Å². The zero-order chi connectivity index (χ0) is 44.3. The highest BCUT2D eigenvalue weighted by Gasteiger charge is 2.55. The fourth-order valence-electron chi connectivity index (χ4n) is 6.92. The lowest BCUT2D eigenvalue weighted by atomic mass is 9.97. The van der Waals surface area contributed by atoms with Crippen LogP contribution in [0.5, 0.6) is 0 Å². The third kappa shape index (κ3) is 15.8. The van der Waals surface area contributed by atoms with Gasteiger partial charge in [-0.1, -0.05) is 87.6 Å². The molecule has 2 saturated heterocycles. The van der Waals surface area contributed by atoms with Crippen LogP contribution in [0.3, 0.4) is 0 Å². The molecule has 0 N–H and O–H groups in total. The van der Waals surface area contributed by atoms with Crippen LogP contribution in [-0.2, 0) is 82.7 Å². The molecule has 10 atom stereocenters. The Hall–Kier alpha value is -4.94. The van der Waals surface area contributed by atoms with Crippen molar-refractivity contribution in [2.45, 2.75) is 148 Å². The van der Waals surface area contributed by atoms with Gasteiger partial charge < -0.3 is 52.1 Å². The molecule has 2 aliphatic heterocycles. The molecule has 2 fully saturated rings. The van der Waals surface area contributed by atoms with Gasteiger partial charge in [-0.25, -0.2) is 4.79 Å². The highest BCUT2D eigenvalue weighted by Crippen LogP contribution is 2.34. The minimum atomic E-state index is -1.58. The Morgan fingerprint density at radius 1 is 0.492 bits per heavy atom. The second kappa shape index (κ2) is 25.1. The molecule has 0 radical (unpaired) electrons. The Kier molecular flexibility index (Phi) is 20.1. The Balaban J connectivity index is 1.72. The number of carbonyl (C=O) groups excluding carboxylic acids is 6. The average Bonchev–Trinajstić information content (AvgIpc) is 3.21. The first-order valence-corrected chi connectivity index (χ1v) is 20.5. The van der Waals surface area contributed by atoms with Crippen molar-refractivity contribution in [1.29, 1.82) is 0 Å². The van der Waals surface area contributed by atoms with E-state index >= 15 is 0 Å². The normalized spacial score (nSPS) is 26.0. The monoisotopic (exact) mass is 858 g/mol. The quantitative estimate of drug-likeness (QED) is 0.0875. The van der Waals surface area contributed by atoms with E-state index in [1.54, 1.807) is 30.3 Å². The van der Waals surface area contributed by atoms with E-state index in [0.717, 1.165) is 65.4 Å². The van der Waals surface area contributed by atoms with E-state index in [0.29, 0.717) is 6.42 Å². The Bertz CT molecular complexity index is 1700. The predicted octanol–water partition coefficient (Wildman–Crippen LogP) is 4.93. The van der Waals surface area contributed by atoms with Crippen molar-refractivity contribution in [1.82, 2.24) is 0 Å². The lowest BCUT2D eigenvalue weighted by molar-refractivity contribution is -0.336. The molecule has 2 aromatic rings. The van der Waals surface area contributed by atoms with Crippen LogP contribution in [0.1, 0.15) is 96.0 Å². The van der Waals surface area contributed by atoms with Crippen molar-refractivity contribution < 1.29 is 80.9 Å². The van der Waals surface area contributed by atoms with Crippen LogP contribution in [-0.4, -0.2) is 117 Å². The molecule has 17 nitrogen and oxygen atoms in total. The van der Waals surface area contributed by atoms with E-state index < -0.39 is 110 Å². The fourth-order valence-corrected chi connectivity index (χ4v) is 6.92. The van der Waals surface area contributed by atoms with Gasteiger partial charge in [0.05, 0.1) is 18.8 Å². The maximum Gasteiger partial charge on any atom is 0.338 e. The van der Waals surface area contributed by atoms with Crippen LogP contribution >= 0.6 is 0 Å². The molecular formula is C44H58O17. The second-order valence-electron chi connectivity index (χ2n) is 14.7. The molecule has 17 heteroatoms. The second-order valence-corrected chi connectivity index (χ2v) is 14.7. The first kappa shape index (κ1) is 48.7. The molecule has 0 unspecified atom stereocenters. The highest BCUT2D eigenvalue weighted by molar-refractivity contribution is 5.89. The summed E-state index contributed by atoms with van der Waals surface area (Å²) in [6, 6.07) is 17.5. The number of benzene rings is 2. The van der Waals surface area contributed by atoms with Gasteiger partial charge in [-0.2, -0.15) is 0 Å². The van der Waals surface area contributed by atoms with Crippen LogP contribution in [0.4, 0.5) is 0 Å². The van der Waals surface area contributed by atoms with Gasteiger partial charge in [0.1, 0.15) is 24.9 Å². The van der Waals surface area contributed by atoms with E-state index in [1.165, 1.54) is 6.92 Å². The molecule has 4 rings (SSSR count). The standard InChI is InChI=1S/C44H58O17/c1-7-8-9-10-11-18-23-51-43-40(61-42(50)33-21-16-13-17-22-33)38(53-24-32-19-14-12-15-20-32)36(55-28(3)46)35(59-43)26-54-44-41(58-31(6)49)39(57-30(5)48)37(56-29(4)47)34(60-44)25-52-27(2)45/h12-17,19-22,34-41,43-44H,7-11,18,23-26H2,1-6H3/t34-,35-,36-,37-,38+,39+,40+,41+,43-,44+/m1/s1. The van der Waals surface area contributed by atoms with Gasteiger partial charge in [-0.05, 0) is 24.1 Å². The number of rotatable bonds is 22. The van der Waals surface area contributed by atoms with Crippen molar-refractivity contribution >= 4 is 35.8 Å². The molecule has 61 heavy (non-hydrogen) atoms. The largest absolute Gasteiger partial charge is 0.463 e. The molecule has 2 aliphatic rings. The summed E-state index contributed by atoms with van der Waals surface area (Å²) in [5.74, 6) is -4.56. The Morgan fingerprint density at radius 3 is 1.57 bits per heavy atom. The number of hydrogen-bond donors (Lipinski definition) is 0. The van der Waals surface area contributed by atoms with E-state index in [9.17, 15) is 28.8 Å². The fraction of sp³-hybridized carbons (Fsp3) is 0.591. The zero-order valence-electron chi connectivity index (χ0n) is 35.6. The lowest BCUT2D eigenvalue weighted by Crippen LogP contribution is -2.65. The summed E-state index contributed by atoms with van der Waals surface area (Å²) in [5.41, 5.74) is 1.01. The SMILES string of the molecule is CCCCCCCCO[C@@H]1O[C@H](CO[C@H]2O[C@H](COC(C)=O)[C@@H](OC(C)=O)[C@H](OC(C)=O)[C@@H]2OC(C)=O)[C@@H](OC(C)=O)[C@H](OCc2ccccc2)[C@@H]1OC(=O)c1ccccc1. The molecule has 0 bridgehead atoms. The van der Waals surface area contributed by atoms with Gasteiger partial charge in [0.2, 0.25) is 0 Å². The number of unbranched alkanes of at least 4 members (excludes halogenated alkanes) is 5. The molecule has 2 aromatic carbocycles. The summed E-state index contributed by atoms with van der Waals surface area (Å²) in [4.78, 5) is 75.5. The van der Waals surface area contributed by atoms with Crippen molar-refractivity contribution in [3.05, 3.63) is 71.8 Å². The summed E-state index contributed by atoms with van der Waals surface area (Å²) < 4.78 is 65.5. The van der Waals surface area contributed by atoms with Crippen molar-refractivity contribution in [2.75, 3.05) is 19.8 Å². The zero-order valence-corrected chi connectivity index (χ0v) is 35.6. The lowest BCUT2D eigenvalue weighted by Gasteiger charge is -2.46. The van der Waals surface area contributed by atoms with Crippen LogP contribution in [0, 0.1) is 0 Å². The third-order valence-corrected chi connectivity index (χ3v) is 9.58. The van der Waals surface area contributed by atoms with Gasteiger partial charge in [-0.15, -0.1) is 0 Å². The molecule has 2 heterocycles. The van der Waals surface area contributed by atoms with Gasteiger partial charge >= 0.3 is 35.8 Å². The van der Waals surface area contributed by atoms with E-state index in [1.807, 2.05) is 30.3 Å². The van der Waals surface area contributed by atoms with Crippen LogP contribution in [0.25, 0.3) is 0 Å². The van der Waals surface area contributed by atoms with Gasteiger partial charge in [0, 0.05) is 41.2 Å². The van der Waals surface area contributed by atoms with Crippen LogP contribution in [0.2, 0.25) is 0 Å². The van der Waals surface area contributed by atoms with Crippen LogP contribution in [0.15, 0.2) is 60.7 Å². The van der Waals surface area contributed by atoms with Crippen molar-refractivity contribution in [2.24, 2.45) is 0 Å². The Morgan fingerprint density at radius 2 is 0.984 bits per heavy atom. The predicted molar refractivity (Wildman–Crippen MR) is 212 cm³/mol.